The summed E-state index contributed by atoms with van der Waals surface area (Å²) in [5.74, 6) is 0.981. The minimum absolute atomic E-state index is 0.339. The predicted octanol–water partition coefficient (Wildman–Crippen LogP) is 2.92. The molecule has 0 fully saturated rings. The highest BCUT2D eigenvalue weighted by atomic mass is 16.5. The van der Waals surface area contributed by atoms with Gasteiger partial charge in [-0.3, -0.25) is 0 Å². The highest BCUT2D eigenvalue weighted by molar-refractivity contribution is 5.95. The first-order valence-electron chi connectivity index (χ1n) is 7.64. The Kier molecular flexibility index (Phi) is 4.32. The van der Waals surface area contributed by atoms with E-state index in [9.17, 15) is 4.79 Å². The van der Waals surface area contributed by atoms with Crippen LogP contribution in [-0.4, -0.2) is 35.6 Å². The van der Waals surface area contributed by atoms with Gasteiger partial charge in [-0.25, -0.2) is 14.8 Å². The topological polar surface area (TPSA) is 55.3 Å². The number of nitrogens with zero attached hydrogens (tertiary/aromatic N) is 3. The van der Waals surface area contributed by atoms with Crippen molar-refractivity contribution in [2.45, 2.75) is 19.8 Å². The zero-order chi connectivity index (χ0) is 15.4. The largest absolute Gasteiger partial charge is 0.460 e. The molecule has 2 aromatic rings. The fraction of sp³-hybridized carbons (Fsp3) is 0.353. The van der Waals surface area contributed by atoms with Crippen molar-refractivity contribution in [3.05, 3.63) is 42.1 Å². The zero-order valence-electron chi connectivity index (χ0n) is 12.7. The van der Waals surface area contributed by atoms with Crippen molar-refractivity contribution >= 4 is 11.8 Å². The molecular formula is C17H19N3O2. The number of hydrogen-bond donors (Lipinski definition) is 0. The van der Waals surface area contributed by atoms with Gasteiger partial charge in [0.2, 0.25) is 0 Å². The molecule has 0 amide bonds. The van der Waals surface area contributed by atoms with Crippen LogP contribution in [0.5, 0.6) is 0 Å². The van der Waals surface area contributed by atoms with Gasteiger partial charge in [0.1, 0.15) is 18.0 Å². The molecule has 0 unspecified atom stereocenters. The molecule has 1 aliphatic heterocycles. The molecule has 0 spiro atoms. The Morgan fingerprint density at radius 2 is 2.09 bits per heavy atom. The van der Waals surface area contributed by atoms with Gasteiger partial charge in [-0.2, -0.15) is 0 Å². The summed E-state index contributed by atoms with van der Waals surface area (Å²) in [5, 5.41) is 0. The van der Waals surface area contributed by atoms with Crippen LogP contribution < -0.4 is 4.90 Å². The highest BCUT2D eigenvalue weighted by Gasteiger charge is 2.24. The van der Waals surface area contributed by atoms with E-state index in [0.29, 0.717) is 30.4 Å². The van der Waals surface area contributed by atoms with Crippen LogP contribution in [0.2, 0.25) is 0 Å². The Morgan fingerprint density at radius 3 is 2.86 bits per heavy atom. The van der Waals surface area contributed by atoms with Crippen LogP contribution in [0.4, 0.5) is 5.82 Å². The first-order valence-corrected chi connectivity index (χ1v) is 7.64. The van der Waals surface area contributed by atoms with Gasteiger partial charge in [-0.1, -0.05) is 43.7 Å². The molecule has 0 bridgehead atoms. The summed E-state index contributed by atoms with van der Waals surface area (Å²) in [5.41, 5.74) is 1.40. The van der Waals surface area contributed by atoms with Crippen LogP contribution in [-0.2, 0) is 4.74 Å². The van der Waals surface area contributed by atoms with Gasteiger partial charge in [0, 0.05) is 18.3 Å². The second kappa shape index (κ2) is 6.56. The fourth-order valence-corrected chi connectivity index (χ4v) is 2.48. The Labute approximate surface area is 130 Å². The molecule has 0 aliphatic carbocycles. The van der Waals surface area contributed by atoms with Crippen molar-refractivity contribution in [2.75, 3.05) is 24.6 Å². The molecule has 114 valence electrons. The average molecular weight is 297 g/mol. The number of ether oxygens (including phenoxy) is 1. The molecule has 5 nitrogen and oxygen atoms in total. The summed E-state index contributed by atoms with van der Waals surface area (Å²) in [6.45, 7) is 4.07. The Hall–Kier alpha value is -2.43. The number of carbonyl (C=O) groups is 1. The summed E-state index contributed by atoms with van der Waals surface area (Å²) in [6, 6.07) is 9.79. The minimum Gasteiger partial charge on any atom is -0.460 e. The maximum Gasteiger partial charge on any atom is 0.343 e. The van der Waals surface area contributed by atoms with Crippen LogP contribution in [0.3, 0.4) is 0 Å². The SMILES string of the molecule is CCCCN1CCOC(=O)c2cnc(-c3ccccc3)nc21. The number of esters is 1. The normalized spacial score (nSPS) is 14.2. The number of rotatable bonds is 4. The smallest absolute Gasteiger partial charge is 0.343 e. The first kappa shape index (κ1) is 14.5. The summed E-state index contributed by atoms with van der Waals surface area (Å²) in [7, 11) is 0. The number of aromatic nitrogens is 2. The lowest BCUT2D eigenvalue weighted by Crippen LogP contribution is -2.28. The van der Waals surface area contributed by atoms with Gasteiger partial charge in [0.15, 0.2) is 5.82 Å². The average Bonchev–Trinajstić information content (AvgIpc) is 2.72. The molecule has 0 atom stereocenters. The second-order valence-electron chi connectivity index (χ2n) is 5.27. The van der Waals surface area contributed by atoms with Crippen molar-refractivity contribution in [1.82, 2.24) is 9.97 Å². The third kappa shape index (κ3) is 2.93. The van der Waals surface area contributed by atoms with Crippen LogP contribution in [0.25, 0.3) is 11.4 Å². The zero-order valence-corrected chi connectivity index (χ0v) is 12.7. The standard InChI is InChI=1S/C17H19N3O2/c1-2-3-9-20-10-11-22-17(21)14-12-18-15(19-16(14)20)13-7-5-4-6-8-13/h4-8,12H,2-3,9-11H2,1H3. The number of carbonyl (C=O) groups excluding carboxylic acids is 1. The third-order valence-corrected chi connectivity index (χ3v) is 3.70. The fourth-order valence-electron chi connectivity index (χ4n) is 2.48. The van der Waals surface area contributed by atoms with Gasteiger partial charge in [0.05, 0.1) is 6.54 Å². The molecule has 1 aromatic heterocycles. The quantitative estimate of drug-likeness (QED) is 0.812. The molecule has 0 N–H and O–H groups in total. The molecule has 0 saturated heterocycles. The van der Waals surface area contributed by atoms with Gasteiger partial charge in [0.25, 0.3) is 0 Å². The Balaban J connectivity index is 2.02. The minimum atomic E-state index is -0.339. The molecule has 3 rings (SSSR count). The van der Waals surface area contributed by atoms with Gasteiger partial charge in [-0.05, 0) is 6.42 Å². The molecule has 1 aliphatic rings. The van der Waals surface area contributed by atoms with Crippen molar-refractivity contribution in [3.8, 4) is 11.4 Å². The molecule has 0 saturated carbocycles. The Morgan fingerprint density at radius 1 is 1.27 bits per heavy atom. The summed E-state index contributed by atoms with van der Waals surface area (Å²) in [4.78, 5) is 23.1. The number of benzene rings is 1. The van der Waals surface area contributed by atoms with Crippen LogP contribution in [0.15, 0.2) is 36.5 Å². The van der Waals surface area contributed by atoms with Gasteiger partial charge < -0.3 is 9.64 Å². The van der Waals surface area contributed by atoms with E-state index in [4.69, 9.17) is 4.74 Å². The number of fused-ring (bicyclic) bond motifs is 1. The number of hydrogen-bond acceptors (Lipinski definition) is 5. The van der Waals surface area contributed by atoms with Crippen molar-refractivity contribution in [1.29, 1.82) is 0 Å². The predicted molar refractivity (Wildman–Crippen MR) is 84.9 cm³/mol. The van der Waals surface area contributed by atoms with E-state index in [1.165, 1.54) is 0 Å². The number of unbranched alkanes of at least 4 members (excludes halogenated alkanes) is 1. The van der Waals surface area contributed by atoms with Crippen LogP contribution >= 0.6 is 0 Å². The lowest BCUT2D eigenvalue weighted by Gasteiger charge is -2.22. The van der Waals surface area contributed by atoms with E-state index in [0.717, 1.165) is 24.9 Å². The van der Waals surface area contributed by atoms with Gasteiger partial charge in [-0.15, -0.1) is 0 Å². The summed E-state index contributed by atoms with van der Waals surface area (Å²) >= 11 is 0. The molecule has 22 heavy (non-hydrogen) atoms. The van der Waals surface area contributed by atoms with E-state index >= 15 is 0 Å². The van der Waals surface area contributed by atoms with Crippen molar-refractivity contribution < 1.29 is 9.53 Å². The lowest BCUT2D eigenvalue weighted by atomic mass is 10.2. The lowest BCUT2D eigenvalue weighted by molar-refractivity contribution is 0.0526. The van der Waals surface area contributed by atoms with E-state index in [1.54, 1.807) is 6.20 Å². The number of cyclic esters (lactones) is 1. The van der Waals surface area contributed by atoms with E-state index in [1.807, 2.05) is 30.3 Å². The van der Waals surface area contributed by atoms with Crippen LogP contribution in [0.1, 0.15) is 30.1 Å². The van der Waals surface area contributed by atoms with Crippen molar-refractivity contribution in [3.63, 3.8) is 0 Å². The molecular weight excluding hydrogens is 278 g/mol. The molecule has 5 heteroatoms. The number of anilines is 1. The molecule has 2 heterocycles. The second-order valence-corrected chi connectivity index (χ2v) is 5.27. The Bertz CT molecular complexity index is 658. The van der Waals surface area contributed by atoms with E-state index < -0.39 is 0 Å². The van der Waals surface area contributed by atoms with Gasteiger partial charge >= 0.3 is 5.97 Å². The maximum atomic E-state index is 12.0. The van der Waals surface area contributed by atoms with E-state index in [2.05, 4.69) is 21.8 Å². The summed E-state index contributed by atoms with van der Waals surface area (Å²) < 4.78 is 5.22. The first-order chi connectivity index (χ1) is 10.8. The van der Waals surface area contributed by atoms with Crippen molar-refractivity contribution in [2.24, 2.45) is 0 Å². The van der Waals surface area contributed by atoms with Crippen LogP contribution in [0, 0.1) is 0 Å². The summed E-state index contributed by atoms with van der Waals surface area (Å²) in [6.07, 6.45) is 3.73. The third-order valence-electron chi connectivity index (χ3n) is 3.70. The van der Waals surface area contributed by atoms with E-state index in [-0.39, 0.29) is 5.97 Å². The highest BCUT2D eigenvalue weighted by Crippen LogP contribution is 2.25. The molecule has 1 aromatic carbocycles. The maximum absolute atomic E-state index is 12.0. The molecule has 0 radical (unpaired) electrons. The monoisotopic (exact) mass is 297 g/mol.